The topological polar surface area (TPSA) is 98.4 Å². The zero-order valence-electron chi connectivity index (χ0n) is 15.4. The number of hydrogen-bond donors (Lipinski definition) is 2. The molecule has 0 radical (unpaired) electrons. The fraction of sp³-hybridized carbons (Fsp3) is 0.350. The van der Waals surface area contributed by atoms with Crippen molar-refractivity contribution < 1.29 is 0 Å². The van der Waals surface area contributed by atoms with Gasteiger partial charge in [-0.05, 0) is 50.4 Å². The third kappa shape index (κ3) is 3.26. The molecule has 3 aromatic heterocycles. The summed E-state index contributed by atoms with van der Waals surface area (Å²) < 4.78 is 1.70. The number of rotatable bonds is 6. The average molecular weight is 363 g/mol. The molecular formula is C20H25N7. The van der Waals surface area contributed by atoms with E-state index in [1.54, 1.807) is 10.6 Å². The molecule has 7 heteroatoms. The first-order chi connectivity index (χ1) is 13.2. The maximum Gasteiger partial charge on any atom is 0.166 e. The molecule has 0 aliphatic carbocycles. The lowest BCUT2D eigenvalue weighted by molar-refractivity contribution is 0.677. The van der Waals surface area contributed by atoms with Crippen LogP contribution in [0.2, 0.25) is 0 Å². The summed E-state index contributed by atoms with van der Waals surface area (Å²) in [6.07, 6.45) is 7.66. The first-order valence-corrected chi connectivity index (χ1v) is 9.41. The van der Waals surface area contributed by atoms with E-state index in [0.29, 0.717) is 12.4 Å². The second-order valence-electron chi connectivity index (χ2n) is 6.85. The summed E-state index contributed by atoms with van der Waals surface area (Å²) in [5.41, 5.74) is 15.3. The Labute approximate surface area is 158 Å². The molecule has 4 rings (SSSR count). The number of aryl methyl sites for hydroxylation is 1. The molecule has 3 aromatic rings. The number of nitrogens with zero attached hydrogens (tertiary/aromatic N) is 5. The number of hydrogen-bond acceptors (Lipinski definition) is 6. The fourth-order valence-corrected chi connectivity index (χ4v) is 3.76. The van der Waals surface area contributed by atoms with Gasteiger partial charge in [0, 0.05) is 18.4 Å². The smallest absolute Gasteiger partial charge is 0.166 e. The molecule has 0 amide bonds. The van der Waals surface area contributed by atoms with Gasteiger partial charge in [0.25, 0.3) is 0 Å². The summed E-state index contributed by atoms with van der Waals surface area (Å²) in [7, 11) is 0. The van der Waals surface area contributed by atoms with Gasteiger partial charge in [-0.1, -0.05) is 18.7 Å². The van der Waals surface area contributed by atoms with E-state index in [1.807, 2.05) is 12.3 Å². The van der Waals surface area contributed by atoms with Crippen LogP contribution in [0.25, 0.3) is 11.7 Å². The maximum atomic E-state index is 5.97. The van der Waals surface area contributed by atoms with Crippen LogP contribution in [0.15, 0.2) is 37.0 Å². The normalized spacial score (nSPS) is 16.9. The highest BCUT2D eigenvalue weighted by atomic mass is 15.3. The Morgan fingerprint density at radius 2 is 2.15 bits per heavy atom. The monoisotopic (exact) mass is 363 g/mol. The minimum absolute atomic E-state index is 0.227. The third-order valence-corrected chi connectivity index (χ3v) is 5.09. The number of anilines is 2. The summed E-state index contributed by atoms with van der Waals surface area (Å²) in [5.74, 6) is 1.36. The third-order valence-electron chi connectivity index (χ3n) is 5.09. The molecule has 27 heavy (non-hydrogen) atoms. The van der Waals surface area contributed by atoms with Crippen molar-refractivity contribution in [1.82, 2.24) is 19.6 Å². The SMILES string of the molecule is C=Cc1c(N)nn2ccc(N3CCCC3c3cccc(CCCN)n3)nc12. The molecule has 7 nitrogen and oxygen atoms in total. The van der Waals surface area contributed by atoms with Crippen LogP contribution in [-0.4, -0.2) is 32.7 Å². The van der Waals surface area contributed by atoms with Crippen molar-refractivity contribution >= 4 is 23.4 Å². The molecule has 1 saturated heterocycles. The minimum Gasteiger partial charge on any atom is -0.382 e. The zero-order chi connectivity index (χ0) is 18.8. The van der Waals surface area contributed by atoms with Gasteiger partial charge in [0.2, 0.25) is 0 Å². The van der Waals surface area contributed by atoms with Gasteiger partial charge < -0.3 is 16.4 Å². The first kappa shape index (κ1) is 17.5. The van der Waals surface area contributed by atoms with E-state index in [-0.39, 0.29) is 6.04 Å². The Morgan fingerprint density at radius 3 is 2.96 bits per heavy atom. The Balaban J connectivity index is 1.67. The molecule has 1 atom stereocenters. The van der Waals surface area contributed by atoms with E-state index in [2.05, 4.69) is 34.8 Å². The molecule has 0 saturated carbocycles. The van der Waals surface area contributed by atoms with Crippen molar-refractivity contribution in [2.75, 3.05) is 23.7 Å². The molecule has 1 fully saturated rings. The average Bonchev–Trinajstić information content (AvgIpc) is 3.29. The second kappa shape index (κ2) is 7.36. The molecule has 0 bridgehead atoms. The van der Waals surface area contributed by atoms with E-state index in [9.17, 15) is 0 Å². The van der Waals surface area contributed by atoms with Crippen LogP contribution < -0.4 is 16.4 Å². The van der Waals surface area contributed by atoms with Crippen molar-refractivity contribution in [2.24, 2.45) is 5.73 Å². The molecule has 4 N–H and O–H groups in total. The van der Waals surface area contributed by atoms with Crippen molar-refractivity contribution in [1.29, 1.82) is 0 Å². The molecule has 0 spiro atoms. The lowest BCUT2D eigenvalue weighted by atomic mass is 10.1. The number of fused-ring (bicyclic) bond motifs is 1. The summed E-state index contributed by atoms with van der Waals surface area (Å²) in [5, 5.41) is 4.29. The Bertz CT molecular complexity index is 962. The van der Waals surface area contributed by atoms with E-state index < -0.39 is 0 Å². The highest BCUT2D eigenvalue weighted by Gasteiger charge is 2.28. The lowest BCUT2D eigenvalue weighted by Gasteiger charge is -2.25. The van der Waals surface area contributed by atoms with Crippen LogP contribution >= 0.6 is 0 Å². The Morgan fingerprint density at radius 1 is 1.26 bits per heavy atom. The van der Waals surface area contributed by atoms with Crippen LogP contribution in [0.3, 0.4) is 0 Å². The molecular weight excluding hydrogens is 338 g/mol. The molecule has 140 valence electrons. The number of pyridine rings is 1. The largest absolute Gasteiger partial charge is 0.382 e. The molecule has 4 heterocycles. The predicted molar refractivity (Wildman–Crippen MR) is 108 cm³/mol. The van der Waals surface area contributed by atoms with Crippen LogP contribution in [-0.2, 0) is 6.42 Å². The Hall–Kier alpha value is -2.93. The van der Waals surface area contributed by atoms with Gasteiger partial charge in [-0.3, -0.25) is 4.98 Å². The predicted octanol–water partition coefficient (Wildman–Crippen LogP) is 2.58. The molecule has 1 unspecified atom stereocenters. The van der Waals surface area contributed by atoms with E-state index in [1.165, 1.54) is 0 Å². The van der Waals surface area contributed by atoms with Crippen LogP contribution in [0.1, 0.15) is 42.3 Å². The molecule has 1 aliphatic heterocycles. The van der Waals surface area contributed by atoms with Gasteiger partial charge in [-0.15, -0.1) is 5.10 Å². The second-order valence-corrected chi connectivity index (χ2v) is 6.85. The summed E-state index contributed by atoms with van der Waals surface area (Å²) in [4.78, 5) is 12.0. The quantitative estimate of drug-likeness (QED) is 0.698. The van der Waals surface area contributed by atoms with Crippen molar-refractivity contribution in [3.05, 3.63) is 54.0 Å². The highest BCUT2D eigenvalue weighted by molar-refractivity contribution is 5.74. The van der Waals surface area contributed by atoms with E-state index in [4.69, 9.17) is 21.4 Å². The lowest BCUT2D eigenvalue weighted by Crippen LogP contribution is -2.24. The van der Waals surface area contributed by atoms with E-state index in [0.717, 1.165) is 60.6 Å². The van der Waals surface area contributed by atoms with Crippen molar-refractivity contribution in [3.63, 3.8) is 0 Å². The van der Waals surface area contributed by atoms with Crippen molar-refractivity contribution in [3.8, 4) is 0 Å². The van der Waals surface area contributed by atoms with E-state index >= 15 is 0 Å². The number of nitrogens with two attached hydrogens (primary N) is 2. The summed E-state index contributed by atoms with van der Waals surface area (Å²) in [6.45, 7) is 5.47. The summed E-state index contributed by atoms with van der Waals surface area (Å²) >= 11 is 0. The minimum atomic E-state index is 0.227. The fourth-order valence-electron chi connectivity index (χ4n) is 3.76. The number of nitrogen functional groups attached to an aromatic ring is 1. The zero-order valence-corrected chi connectivity index (χ0v) is 15.4. The van der Waals surface area contributed by atoms with Gasteiger partial charge in [0.15, 0.2) is 11.5 Å². The summed E-state index contributed by atoms with van der Waals surface area (Å²) in [6, 6.07) is 8.50. The van der Waals surface area contributed by atoms with Gasteiger partial charge in [-0.25, -0.2) is 9.50 Å². The van der Waals surface area contributed by atoms with Gasteiger partial charge in [-0.2, -0.15) is 0 Å². The van der Waals surface area contributed by atoms with Crippen LogP contribution in [0, 0.1) is 0 Å². The van der Waals surface area contributed by atoms with Crippen molar-refractivity contribution in [2.45, 2.75) is 31.7 Å². The van der Waals surface area contributed by atoms with Gasteiger partial charge >= 0.3 is 0 Å². The van der Waals surface area contributed by atoms with Gasteiger partial charge in [0.05, 0.1) is 17.3 Å². The highest BCUT2D eigenvalue weighted by Crippen LogP contribution is 2.35. The van der Waals surface area contributed by atoms with Crippen LogP contribution in [0.5, 0.6) is 0 Å². The molecule has 1 aliphatic rings. The Kier molecular flexibility index (Phi) is 4.77. The first-order valence-electron chi connectivity index (χ1n) is 9.41. The van der Waals surface area contributed by atoms with Gasteiger partial charge in [0.1, 0.15) is 5.82 Å². The standard InChI is InChI=1S/C20H25N7/c1-2-15-19(22)25-27-13-10-18(24-20(15)27)26-12-5-9-17(26)16-8-3-6-14(23-16)7-4-11-21/h2-3,6,8,10,13,17H,1,4-5,7,9,11-12,21H2,(H2,22,25). The maximum absolute atomic E-state index is 5.97. The molecule has 0 aromatic carbocycles. The van der Waals surface area contributed by atoms with Crippen LogP contribution in [0.4, 0.5) is 11.6 Å². The number of aromatic nitrogens is 4.